The number of hydrogen-bond acceptors (Lipinski definition) is 3. The van der Waals surface area contributed by atoms with Crippen molar-refractivity contribution in [2.24, 2.45) is 0 Å². The summed E-state index contributed by atoms with van der Waals surface area (Å²) in [5, 5.41) is 8.61. The molecule has 3 N–H and O–H groups in total. The SMILES string of the molecule is Cc1ccccc1C(=O)NC1CCN(C(=O)c2ccc(NC(=O)Nc3ccccc3)cc2)CC1. The van der Waals surface area contributed by atoms with E-state index in [-0.39, 0.29) is 23.9 Å². The van der Waals surface area contributed by atoms with Gasteiger partial charge in [-0.2, -0.15) is 0 Å². The summed E-state index contributed by atoms with van der Waals surface area (Å²) in [5.74, 6) is -0.119. The minimum absolute atomic E-state index is 0.0471. The second kappa shape index (κ2) is 10.7. The number of benzene rings is 3. The predicted octanol–water partition coefficient (Wildman–Crippen LogP) is 4.67. The Hall–Kier alpha value is -4.13. The highest BCUT2D eigenvalue weighted by atomic mass is 16.2. The molecule has 0 radical (unpaired) electrons. The molecule has 7 heteroatoms. The van der Waals surface area contributed by atoms with Gasteiger partial charge in [0, 0.05) is 41.6 Å². The fraction of sp³-hybridized carbons (Fsp3) is 0.222. The van der Waals surface area contributed by atoms with Crippen LogP contribution >= 0.6 is 0 Å². The second-order valence-corrected chi connectivity index (χ2v) is 8.38. The topological polar surface area (TPSA) is 90.5 Å². The molecule has 7 nitrogen and oxygen atoms in total. The number of nitrogens with one attached hydrogen (secondary N) is 3. The van der Waals surface area contributed by atoms with E-state index >= 15 is 0 Å². The maximum Gasteiger partial charge on any atom is 0.323 e. The maximum atomic E-state index is 12.9. The molecule has 0 bridgehead atoms. The third kappa shape index (κ3) is 5.81. The monoisotopic (exact) mass is 456 g/mol. The molecule has 3 aromatic carbocycles. The summed E-state index contributed by atoms with van der Waals surface area (Å²) >= 11 is 0. The van der Waals surface area contributed by atoms with Gasteiger partial charge in [0.25, 0.3) is 11.8 Å². The number of anilines is 2. The van der Waals surface area contributed by atoms with Gasteiger partial charge < -0.3 is 20.9 Å². The number of urea groups is 1. The van der Waals surface area contributed by atoms with E-state index < -0.39 is 0 Å². The van der Waals surface area contributed by atoms with Crippen molar-refractivity contribution in [3.8, 4) is 0 Å². The highest BCUT2D eigenvalue weighted by Gasteiger charge is 2.25. The summed E-state index contributed by atoms with van der Waals surface area (Å²) in [6.45, 7) is 3.08. The fourth-order valence-electron chi connectivity index (χ4n) is 4.01. The van der Waals surface area contributed by atoms with Crippen LogP contribution in [0.25, 0.3) is 0 Å². The first-order valence-electron chi connectivity index (χ1n) is 11.4. The molecule has 0 spiro atoms. The Morgan fingerprint density at radius 2 is 1.35 bits per heavy atom. The van der Waals surface area contributed by atoms with Crippen LogP contribution in [0.15, 0.2) is 78.9 Å². The van der Waals surface area contributed by atoms with E-state index in [9.17, 15) is 14.4 Å². The van der Waals surface area contributed by atoms with Gasteiger partial charge in [-0.1, -0.05) is 36.4 Å². The third-order valence-electron chi connectivity index (χ3n) is 5.93. The second-order valence-electron chi connectivity index (χ2n) is 8.38. The standard InChI is InChI=1S/C27H28N4O3/c1-19-7-5-6-10-24(19)25(32)28-23-15-17-31(18-16-23)26(33)20-11-13-22(14-12-20)30-27(34)29-21-8-3-2-4-9-21/h2-14,23H,15-18H2,1H3,(H,28,32)(H2,29,30,34). The van der Waals surface area contributed by atoms with E-state index in [1.165, 1.54) is 0 Å². The smallest absolute Gasteiger partial charge is 0.323 e. The molecule has 174 valence electrons. The molecule has 0 aliphatic carbocycles. The lowest BCUT2D eigenvalue weighted by Crippen LogP contribution is -2.46. The van der Waals surface area contributed by atoms with Crippen molar-refractivity contribution in [2.75, 3.05) is 23.7 Å². The third-order valence-corrected chi connectivity index (χ3v) is 5.93. The minimum atomic E-state index is -0.347. The van der Waals surface area contributed by atoms with Crippen LogP contribution < -0.4 is 16.0 Å². The summed E-state index contributed by atoms with van der Waals surface area (Å²) in [6.07, 6.45) is 1.42. The van der Waals surface area contributed by atoms with E-state index in [1.54, 1.807) is 41.3 Å². The number of rotatable bonds is 5. The van der Waals surface area contributed by atoms with Crippen LogP contribution in [-0.2, 0) is 0 Å². The van der Waals surface area contributed by atoms with Crippen LogP contribution in [0.4, 0.5) is 16.2 Å². The Morgan fingerprint density at radius 1 is 0.765 bits per heavy atom. The van der Waals surface area contributed by atoms with Crippen molar-refractivity contribution < 1.29 is 14.4 Å². The molecule has 0 atom stereocenters. The Kier molecular flexibility index (Phi) is 7.22. The molecule has 1 fully saturated rings. The molecule has 0 aromatic heterocycles. The van der Waals surface area contributed by atoms with Crippen molar-refractivity contribution in [3.05, 3.63) is 95.6 Å². The summed E-state index contributed by atoms with van der Waals surface area (Å²) in [7, 11) is 0. The van der Waals surface area contributed by atoms with E-state index in [2.05, 4.69) is 16.0 Å². The van der Waals surface area contributed by atoms with E-state index in [0.29, 0.717) is 48.4 Å². The van der Waals surface area contributed by atoms with Crippen LogP contribution in [0.5, 0.6) is 0 Å². The average Bonchev–Trinajstić information content (AvgIpc) is 2.85. The van der Waals surface area contributed by atoms with Crippen LogP contribution in [-0.4, -0.2) is 41.9 Å². The summed E-state index contributed by atoms with van der Waals surface area (Å²) in [4.78, 5) is 39.4. The first kappa shape index (κ1) is 23.0. The molecule has 3 aromatic rings. The fourth-order valence-corrected chi connectivity index (χ4v) is 4.01. The van der Waals surface area contributed by atoms with E-state index in [0.717, 1.165) is 5.56 Å². The van der Waals surface area contributed by atoms with Gasteiger partial charge in [-0.15, -0.1) is 0 Å². The zero-order valence-electron chi connectivity index (χ0n) is 19.1. The molecule has 1 saturated heterocycles. The molecule has 0 saturated carbocycles. The Labute approximate surface area is 199 Å². The Balaban J connectivity index is 1.26. The molecule has 0 unspecified atom stereocenters. The molecule has 1 aliphatic rings. The molecule has 1 heterocycles. The quantitative estimate of drug-likeness (QED) is 0.521. The molecular formula is C27H28N4O3. The number of nitrogens with zero attached hydrogens (tertiary/aromatic N) is 1. The van der Waals surface area contributed by atoms with Gasteiger partial charge in [-0.05, 0) is 67.8 Å². The van der Waals surface area contributed by atoms with Gasteiger partial charge >= 0.3 is 6.03 Å². The highest BCUT2D eigenvalue weighted by molar-refractivity contribution is 6.00. The lowest BCUT2D eigenvalue weighted by molar-refractivity contribution is 0.0698. The van der Waals surface area contributed by atoms with Crippen molar-refractivity contribution in [1.82, 2.24) is 10.2 Å². The zero-order valence-corrected chi connectivity index (χ0v) is 19.1. The Morgan fingerprint density at radius 3 is 2.00 bits per heavy atom. The normalized spacial score (nSPS) is 13.7. The number of piperidine rings is 1. The molecular weight excluding hydrogens is 428 g/mol. The van der Waals surface area contributed by atoms with Crippen molar-refractivity contribution >= 4 is 29.2 Å². The van der Waals surface area contributed by atoms with Crippen molar-refractivity contribution in [1.29, 1.82) is 0 Å². The highest BCUT2D eigenvalue weighted by Crippen LogP contribution is 2.17. The van der Waals surface area contributed by atoms with Crippen LogP contribution in [0.3, 0.4) is 0 Å². The number of hydrogen-bond donors (Lipinski definition) is 3. The molecule has 4 rings (SSSR count). The predicted molar refractivity (Wildman–Crippen MR) is 133 cm³/mol. The molecule has 34 heavy (non-hydrogen) atoms. The summed E-state index contributed by atoms with van der Waals surface area (Å²) in [6, 6.07) is 23.3. The summed E-state index contributed by atoms with van der Waals surface area (Å²) in [5.41, 5.74) is 3.50. The number of amides is 4. The molecule has 1 aliphatic heterocycles. The van der Waals surface area contributed by atoms with Gasteiger partial charge in [0.2, 0.25) is 0 Å². The van der Waals surface area contributed by atoms with Crippen LogP contribution in [0.2, 0.25) is 0 Å². The number of para-hydroxylation sites is 1. The first-order valence-corrected chi connectivity index (χ1v) is 11.4. The lowest BCUT2D eigenvalue weighted by atomic mass is 10.0. The minimum Gasteiger partial charge on any atom is -0.349 e. The van der Waals surface area contributed by atoms with Gasteiger partial charge in [-0.3, -0.25) is 9.59 Å². The Bertz CT molecular complexity index is 1150. The van der Waals surface area contributed by atoms with Crippen LogP contribution in [0, 0.1) is 6.92 Å². The van der Waals surface area contributed by atoms with E-state index in [1.807, 2.05) is 49.4 Å². The van der Waals surface area contributed by atoms with Crippen molar-refractivity contribution in [2.45, 2.75) is 25.8 Å². The van der Waals surface area contributed by atoms with Crippen molar-refractivity contribution in [3.63, 3.8) is 0 Å². The van der Waals surface area contributed by atoms with Crippen LogP contribution in [0.1, 0.15) is 39.1 Å². The maximum absolute atomic E-state index is 12.9. The van der Waals surface area contributed by atoms with E-state index in [4.69, 9.17) is 0 Å². The average molecular weight is 457 g/mol. The largest absolute Gasteiger partial charge is 0.349 e. The van der Waals surface area contributed by atoms with Gasteiger partial charge in [0.1, 0.15) is 0 Å². The number of likely N-dealkylation sites (tertiary alicyclic amines) is 1. The zero-order chi connectivity index (χ0) is 23.9. The summed E-state index contributed by atoms with van der Waals surface area (Å²) < 4.78 is 0. The van der Waals surface area contributed by atoms with Gasteiger partial charge in [0.15, 0.2) is 0 Å². The number of carbonyl (C=O) groups is 3. The number of aryl methyl sites for hydroxylation is 1. The van der Waals surface area contributed by atoms with Gasteiger partial charge in [-0.25, -0.2) is 4.79 Å². The lowest BCUT2D eigenvalue weighted by Gasteiger charge is -2.32. The molecule has 4 amide bonds. The van der Waals surface area contributed by atoms with Gasteiger partial charge in [0.05, 0.1) is 0 Å². The number of carbonyl (C=O) groups excluding carboxylic acids is 3. The first-order chi connectivity index (χ1) is 16.5.